The number of ether oxygens (including phenoxy) is 1. The van der Waals surface area contributed by atoms with Crippen LogP contribution in [0, 0.1) is 6.92 Å². The molecule has 0 spiro atoms. The van der Waals surface area contributed by atoms with Crippen molar-refractivity contribution in [1.29, 1.82) is 0 Å². The number of hydrogen-bond acceptors (Lipinski definition) is 3. The lowest BCUT2D eigenvalue weighted by Crippen LogP contribution is -2.17. The fraction of sp³-hybridized carbons (Fsp3) is 0.143. The smallest absolute Gasteiger partial charge is 0.387 e. The molecule has 116 valence electrons. The lowest BCUT2D eigenvalue weighted by molar-refractivity contribution is -0.0497. The van der Waals surface area contributed by atoms with Gasteiger partial charge in [-0.15, -0.1) is 0 Å². The van der Waals surface area contributed by atoms with E-state index in [-0.39, 0.29) is 27.6 Å². The lowest BCUT2D eigenvalue weighted by atomic mass is 10.1. The summed E-state index contributed by atoms with van der Waals surface area (Å²) in [5.41, 5.74) is 0.647. The number of aromatic nitrogens is 1. The van der Waals surface area contributed by atoms with E-state index in [1.54, 1.807) is 6.92 Å². The number of nitrogens with one attached hydrogen (secondary N) is 2. The van der Waals surface area contributed by atoms with Gasteiger partial charge in [-0.3, -0.25) is 9.59 Å². The van der Waals surface area contributed by atoms with Gasteiger partial charge in [-0.1, -0.05) is 11.6 Å². The summed E-state index contributed by atoms with van der Waals surface area (Å²) in [6, 6.07) is 5.24. The van der Waals surface area contributed by atoms with Crippen LogP contribution in [0.1, 0.15) is 15.9 Å². The van der Waals surface area contributed by atoms with Crippen LogP contribution in [0.3, 0.4) is 0 Å². The molecule has 1 aromatic heterocycles. The Labute approximate surface area is 128 Å². The number of H-pyrrole nitrogens is 1. The van der Waals surface area contributed by atoms with Crippen LogP contribution < -0.4 is 15.6 Å². The number of amides is 1. The molecule has 0 aliphatic heterocycles. The highest BCUT2D eigenvalue weighted by atomic mass is 35.5. The molecule has 1 amide bonds. The van der Waals surface area contributed by atoms with Crippen molar-refractivity contribution in [3.63, 3.8) is 0 Å². The first-order valence-electron chi connectivity index (χ1n) is 6.12. The fourth-order valence-electron chi connectivity index (χ4n) is 1.78. The van der Waals surface area contributed by atoms with Gasteiger partial charge in [0.05, 0.1) is 10.6 Å². The number of aryl methyl sites for hydroxylation is 1. The van der Waals surface area contributed by atoms with Gasteiger partial charge in [-0.2, -0.15) is 8.78 Å². The third-order valence-electron chi connectivity index (χ3n) is 2.78. The average molecular weight is 329 g/mol. The van der Waals surface area contributed by atoms with Gasteiger partial charge < -0.3 is 15.0 Å². The van der Waals surface area contributed by atoms with Crippen LogP contribution in [0.25, 0.3) is 0 Å². The third kappa shape index (κ3) is 3.82. The minimum Gasteiger partial charge on any atom is -0.433 e. The van der Waals surface area contributed by atoms with E-state index in [0.717, 1.165) is 0 Å². The minimum absolute atomic E-state index is 0.00137. The highest BCUT2D eigenvalue weighted by Crippen LogP contribution is 2.29. The molecule has 0 saturated heterocycles. The zero-order chi connectivity index (χ0) is 16.3. The molecule has 2 aromatic rings. The molecular formula is C14H11ClF2N2O3. The number of aromatic amines is 1. The largest absolute Gasteiger partial charge is 0.433 e. The summed E-state index contributed by atoms with van der Waals surface area (Å²) in [7, 11) is 0. The van der Waals surface area contributed by atoms with Gasteiger partial charge >= 0.3 is 6.61 Å². The van der Waals surface area contributed by atoms with Crippen molar-refractivity contribution in [3.05, 3.63) is 57.0 Å². The van der Waals surface area contributed by atoms with Gasteiger partial charge in [0.15, 0.2) is 0 Å². The van der Waals surface area contributed by atoms with Crippen LogP contribution in [0.4, 0.5) is 14.5 Å². The molecule has 0 bridgehead atoms. The number of pyridine rings is 1. The fourth-order valence-corrected chi connectivity index (χ4v) is 1.95. The minimum atomic E-state index is -3.02. The van der Waals surface area contributed by atoms with Gasteiger partial charge in [-0.05, 0) is 24.6 Å². The molecule has 5 nitrogen and oxygen atoms in total. The van der Waals surface area contributed by atoms with Gasteiger partial charge in [0.25, 0.3) is 5.91 Å². The highest BCUT2D eigenvalue weighted by molar-refractivity contribution is 6.32. The van der Waals surface area contributed by atoms with Crippen LogP contribution in [0.2, 0.25) is 5.02 Å². The van der Waals surface area contributed by atoms with E-state index in [1.165, 1.54) is 30.5 Å². The first-order valence-corrected chi connectivity index (χ1v) is 6.49. The summed E-state index contributed by atoms with van der Waals surface area (Å²) in [6.45, 7) is -1.41. The maximum Gasteiger partial charge on any atom is 0.387 e. The number of rotatable bonds is 4. The van der Waals surface area contributed by atoms with Crippen molar-refractivity contribution in [3.8, 4) is 5.75 Å². The molecule has 22 heavy (non-hydrogen) atoms. The summed E-state index contributed by atoms with van der Waals surface area (Å²) in [5, 5.41) is 2.51. The molecule has 0 unspecified atom stereocenters. The van der Waals surface area contributed by atoms with E-state index in [2.05, 4.69) is 15.0 Å². The van der Waals surface area contributed by atoms with Crippen LogP contribution in [-0.2, 0) is 0 Å². The van der Waals surface area contributed by atoms with E-state index in [4.69, 9.17) is 11.6 Å². The van der Waals surface area contributed by atoms with Crippen LogP contribution in [-0.4, -0.2) is 17.5 Å². The number of carbonyl (C=O) groups is 1. The third-order valence-corrected chi connectivity index (χ3v) is 3.09. The summed E-state index contributed by atoms with van der Waals surface area (Å²) in [6.07, 6.45) is 1.28. The monoisotopic (exact) mass is 328 g/mol. The molecular weight excluding hydrogens is 318 g/mol. The van der Waals surface area contributed by atoms with Crippen molar-refractivity contribution in [2.45, 2.75) is 13.5 Å². The zero-order valence-electron chi connectivity index (χ0n) is 11.3. The predicted molar refractivity (Wildman–Crippen MR) is 77.8 cm³/mol. The Kier molecular flexibility index (Phi) is 4.77. The standard InChI is InChI=1S/C14H11ClF2N2O3/c1-7-4-12(20)18-6-9(7)13(21)19-8-2-3-10(15)11(5-8)22-14(16)17/h2-6,14H,1H3,(H,18,20)(H,19,21). The Morgan fingerprint density at radius 1 is 1.36 bits per heavy atom. The van der Waals surface area contributed by atoms with E-state index < -0.39 is 12.5 Å². The topological polar surface area (TPSA) is 71.2 Å². The van der Waals surface area contributed by atoms with Gasteiger partial charge in [-0.25, -0.2) is 0 Å². The van der Waals surface area contributed by atoms with Crippen LogP contribution in [0.5, 0.6) is 5.75 Å². The number of carbonyl (C=O) groups excluding carboxylic acids is 1. The van der Waals surface area contributed by atoms with E-state index in [9.17, 15) is 18.4 Å². The molecule has 0 atom stereocenters. The Bertz CT molecular complexity index is 762. The number of alkyl halides is 2. The molecule has 0 aliphatic rings. The number of benzene rings is 1. The Morgan fingerprint density at radius 2 is 2.09 bits per heavy atom. The average Bonchev–Trinajstić information content (AvgIpc) is 2.41. The van der Waals surface area contributed by atoms with Crippen molar-refractivity contribution in [2.75, 3.05) is 5.32 Å². The maximum atomic E-state index is 12.2. The SMILES string of the molecule is Cc1cc(=O)[nH]cc1C(=O)Nc1ccc(Cl)c(OC(F)F)c1. The molecule has 1 heterocycles. The summed E-state index contributed by atoms with van der Waals surface area (Å²) >= 11 is 5.73. The van der Waals surface area contributed by atoms with Crippen LogP contribution >= 0.6 is 11.6 Å². The lowest BCUT2D eigenvalue weighted by Gasteiger charge is -2.10. The van der Waals surface area contributed by atoms with Crippen LogP contribution in [0.15, 0.2) is 35.3 Å². The van der Waals surface area contributed by atoms with Crippen molar-refractivity contribution in [1.82, 2.24) is 4.98 Å². The molecule has 2 N–H and O–H groups in total. The van der Waals surface area contributed by atoms with E-state index in [1.807, 2.05) is 0 Å². The normalized spacial score (nSPS) is 10.6. The number of halogens is 3. The molecule has 0 radical (unpaired) electrons. The van der Waals surface area contributed by atoms with Crippen molar-refractivity contribution < 1.29 is 18.3 Å². The second-order valence-electron chi connectivity index (χ2n) is 4.37. The predicted octanol–water partition coefficient (Wildman–Crippen LogP) is 3.19. The number of hydrogen-bond donors (Lipinski definition) is 2. The van der Waals surface area contributed by atoms with Gasteiger partial charge in [0.1, 0.15) is 5.75 Å². The van der Waals surface area contributed by atoms with E-state index in [0.29, 0.717) is 5.56 Å². The van der Waals surface area contributed by atoms with Gasteiger partial charge in [0, 0.05) is 24.0 Å². The second kappa shape index (κ2) is 6.57. The quantitative estimate of drug-likeness (QED) is 0.905. The Balaban J connectivity index is 2.23. The summed E-state index contributed by atoms with van der Waals surface area (Å²) < 4.78 is 28.7. The van der Waals surface area contributed by atoms with Crippen molar-refractivity contribution in [2.24, 2.45) is 0 Å². The molecule has 0 saturated carbocycles. The summed E-state index contributed by atoms with van der Waals surface area (Å²) in [4.78, 5) is 25.6. The second-order valence-corrected chi connectivity index (χ2v) is 4.78. The van der Waals surface area contributed by atoms with Gasteiger partial charge in [0.2, 0.25) is 5.56 Å². The summed E-state index contributed by atoms with van der Waals surface area (Å²) in [5.74, 6) is -0.744. The molecule has 0 fully saturated rings. The molecule has 0 aliphatic carbocycles. The highest BCUT2D eigenvalue weighted by Gasteiger charge is 2.13. The Hall–Kier alpha value is -2.41. The van der Waals surface area contributed by atoms with E-state index >= 15 is 0 Å². The molecule has 2 rings (SSSR count). The first-order chi connectivity index (χ1) is 10.4. The molecule has 1 aromatic carbocycles. The number of anilines is 1. The molecule has 8 heteroatoms. The van der Waals surface area contributed by atoms with Crippen molar-refractivity contribution >= 4 is 23.2 Å². The Morgan fingerprint density at radius 3 is 2.73 bits per heavy atom. The first kappa shape index (κ1) is 16.0. The maximum absolute atomic E-state index is 12.2. The zero-order valence-corrected chi connectivity index (χ0v) is 12.1.